The van der Waals surface area contributed by atoms with E-state index in [0.717, 1.165) is 17.8 Å². The Morgan fingerprint density at radius 2 is 2.26 bits per heavy atom. The molecule has 2 aromatic rings. The maximum atomic E-state index is 12.0. The van der Waals surface area contributed by atoms with Gasteiger partial charge in [-0.25, -0.2) is 4.98 Å². The van der Waals surface area contributed by atoms with Crippen molar-refractivity contribution in [2.45, 2.75) is 25.5 Å². The van der Waals surface area contributed by atoms with Crippen LogP contribution in [-0.2, 0) is 16.0 Å². The summed E-state index contributed by atoms with van der Waals surface area (Å²) in [6.45, 7) is 3.70. The van der Waals surface area contributed by atoms with E-state index in [-0.39, 0.29) is 12.0 Å². The number of aromatic nitrogens is 3. The Hall–Kier alpha value is -2.25. The number of nitrogens with zero attached hydrogens (tertiary/aromatic N) is 3. The Bertz CT molecular complexity index is 658. The number of nitrogens with two attached hydrogens (primary N) is 1. The molecular formula is C16H21N5O2. The van der Waals surface area contributed by atoms with Gasteiger partial charge in [0, 0.05) is 19.5 Å². The van der Waals surface area contributed by atoms with E-state index in [1.807, 2.05) is 42.2 Å². The molecule has 2 atom stereocenters. The number of H-pyrrole nitrogens is 1. The fourth-order valence-corrected chi connectivity index (χ4v) is 2.86. The molecule has 0 bridgehead atoms. The number of carbonyl (C=O) groups is 1. The minimum atomic E-state index is -0.466. The third kappa shape index (κ3) is 3.40. The van der Waals surface area contributed by atoms with Gasteiger partial charge in [-0.05, 0) is 5.56 Å². The number of amides is 1. The average Bonchev–Trinajstić information content (AvgIpc) is 3.05. The van der Waals surface area contributed by atoms with Crippen molar-refractivity contribution in [3.8, 4) is 0 Å². The zero-order valence-corrected chi connectivity index (χ0v) is 13.1. The highest BCUT2D eigenvalue weighted by atomic mass is 16.5. The van der Waals surface area contributed by atoms with Crippen LogP contribution in [-0.4, -0.2) is 45.7 Å². The highest BCUT2D eigenvalue weighted by Crippen LogP contribution is 2.27. The summed E-state index contributed by atoms with van der Waals surface area (Å²) in [5.41, 5.74) is 6.54. The van der Waals surface area contributed by atoms with Crippen LogP contribution in [0.1, 0.15) is 36.3 Å². The van der Waals surface area contributed by atoms with Crippen molar-refractivity contribution in [3.05, 3.63) is 47.5 Å². The Kier molecular flexibility index (Phi) is 4.68. The summed E-state index contributed by atoms with van der Waals surface area (Å²) in [7, 11) is 0. The number of morpholine rings is 1. The molecule has 2 heterocycles. The Labute approximate surface area is 134 Å². The van der Waals surface area contributed by atoms with Gasteiger partial charge >= 0.3 is 0 Å². The van der Waals surface area contributed by atoms with Crippen molar-refractivity contribution < 1.29 is 9.53 Å². The number of ether oxygens (including phenoxy) is 1. The first-order valence-corrected chi connectivity index (χ1v) is 7.80. The third-order valence-corrected chi connectivity index (χ3v) is 4.02. The predicted molar refractivity (Wildman–Crippen MR) is 84.4 cm³/mol. The first-order valence-electron chi connectivity index (χ1n) is 7.80. The van der Waals surface area contributed by atoms with Crippen molar-refractivity contribution in [1.29, 1.82) is 0 Å². The fraction of sp³-hybridized carbons (Fsp3) is 0.438. The largest absolute Gasteiger partial charge is 0.368 e. The van der Waals surface area contributed by atoms with Gasteiger partial charge in [-0.2, -0.15) is 5.10 Å². The zero-order valence-electron chi connectivity index (χ0n) is 13.1. The lowest BCUT2D eigenvalue weighted by Crippen LogP contribution is -2.45. The molecule has 23 heavy (non-hydrogen) atoms. The molecule has 1 aromatic heterocycles. The van der Waals surface area contributed by atoms with E-state index in [0.29, 0.717) is 25.5 Å². The molecule has 122 valence electrons. The number of aryl methyl sites for hydroxylation is 1. The van der Waals surface area contributed by atoms with Crippen LogP contribution in [0.3, 0.4) is 0 Å². The molecule has 0 spiro atoms. The van der Waals surface area contributed by atoms with Crippen molar-refractivity contribution in [2.24, 2.45) is 5.73 Å². The molecule has 7 nitrogen and oxygen atoms in total. The van der Waals surface area contributed by atoms with E-state index in [1.165, 1.54) is 0 Å². The summed E-state index contributed by atoms with van der Waals surface area (Å²) in [6, 6.07) is 9.11. The van der Waals surface area contributed by atoms with Gasteiger partial charge in [-0.3, -0.25) is 14.8 Å². The number of nitrogens with one attached hydrogen (secondary N) is 1. The molecule has 0 radical (unpaired) electrons. The Morgan fingerprint density at radius 1 is 1.48 bits per heavy atom. The Balaban J connectivity index is 1.79. The number of primary amides is 1. The van der Waals surface area contributed by atoms with Crippen molar-refractivity contribution in [3.63, 3.8) is 0 Å². The average molecular weight is 315 g/mol. The summed E-state index contributed by atoms with van der Waals surface area (Å²) >= 11 is 0. The number of aromatic amines is 1. The molecule has 0 saturated carbocycles. The first kappa shape index (κ1) is 15.6. The molecule has 3 N–H and O–H groups in total. The molecule has 1 aromatic carbocycles. The van der Waals surface area contributed by atoms with Crippen LogP contribution in [0, 0.1) is 0 Å². The van der Waals surface area contributed by atoms with E-state index in [9.17, 15) is 4.79 Å². The van der Waals surface area contributed by atoms with Gasteiger partial charge in [0.1, 0.15) is 18.0 Å². The fourth-order valence-electron chi connectivity index (χ4n) is 2.86. The summed E-state index contributed by atoms with van der Waals surface area (Å²) in [5.74, 6) is 1.10. The van der Waals surface area contributed by atoms with E-state index in [2.05, 4.69) is 15.2 Å². The summed E-state index contributed by atoms with van der Waals surface area (Å²) in [6.07, 6.45) is 0.531. The quantitative estimate of drug-likeness (QED) is 0.857. The van der Waals surface area contributed by atoms with Crippen LogP contribution in [0.4, 0.5) is 0 Å². The standard InChI is InChI=1S/C16H21N5O2/c1-2-13-18-16(20-19-13)12-10-21(8-9-23-12)14(15(17)22)11-6-4-3-5-7-11/h3-7,12,14H,2,8-10H2,1H3,(H2,17,22)(H,18,19,20)/t12-,14-/m1/s1. The van der Waals surface area contributed by atoms with Gasteiger partial charge in [-0.15, -0.1) is 0 Å². The lowest BCUT2D eigenvalue weighted by atomic mass is 10.0. The van der Waals surface area contributed by atoms with Crippen LogP contribution in [0.5, 0.6) is 0 Å². The van der Waals surface area contributed by atoms with E-state index < -0.39 is 6.04 Å². The lowest BCUT2D eigenvalue weighted by molar-refractivity contribution is -0.127. The lowest BCUT2D eigenvalue weighted by Gasteiger charge is -2.36. The topological polar surface area (TPSA) is 97.1 Å². The van der Waals surface area contributed by atoms with Gasteiger partial charge in [0.2, 0.25) is 5.91 Å². The molecule has 1 saturated heterocycles. The minimum Gasteiger partial charge on any atom is -0.368 e. The van der Waals surface area contributed by atoms with Gasteiger partial charge in [-0.1, -0.05) is 37.3 Å². The van der Waals surface area contributed by atoms with E-state index >= 15 is 0 Å². The molecule has 7 heteroatoms. The van der Waals surface area contributed by atoms with Crippen LogP contribution >= 0.6 is 0 Å². The second-order valence-corrected chi connectivity index (χ2v) is 5.56. The maximum absolute atomic E-state index is 12.0. The van der Waals surface area contributed by atoms with Crippen molar-refractivity contribution in [2.75, 3.05) is 19.7 Å². The van der Waals surface area contributed by atoms with E-state index in [4.69, 9.17) is 10.5 Å². The van der Waals surface area contributed by atoms with Gasteiger partial charge in [0.25, 0.3) is 0 Å². The number of benzene rings is 1. The summed E-state index contributed by atoms with van der Waals surface area (Å²) in [5, 5.41) is 7.12. The number of carbonyl (C=O) groups excluding carboxylic acids is 1. The minimum absolute atomic E-state index is 0.258. The SMILES string of the molecule is CCc1nc([C@H]2CN([C@@H](C(N)=O)c3ccccc3)CCO2)n[nH]1. The molecule has 1 aliphatic rings. The van der Waals surface area contributed by atoms with Crippen LogP contribution in [0.25, 0.3) is 0 Å². The van der Waals surface area contributed by atoms with Crippen LogP contribution < -0.4 is 5.73 Å². The monoisotopic (exact) mass is 315 g/mol. The summed E-state index contributed by atoms with van der Waals surface area (Å²) in [4.78, 5) is 18.5. The third-order valence-electron chi connectivity index (χ3n) is 4.02. The van der Waals surface area contributed by atoms with E-state index in [1.54, 1.807) is 0 Å². The predicted octanol–water partition coefficient (Wildman–Crippen LogP) is 0.967. The second-order valence-electron chi connectivity index (χ2n) is 5.56. The molecule has 1 aliphatic heterocycles. The zero-order chi connectivity index (χ0) is 16.2. The molecule has 1 fully saturated rings. The molecule has 1 amide bonds. The highest BCUT2D eigenvalue weighted by molar-refractivity contribution is 5.81. The van der Waals surface area contributed by atoms with Crippen LogP contribution in [0.15, 0.2) is 30.3 Å². The maximum Gasteiger partial charge on any atom is 0.239 e. The smallest absolute Gasteiger partial charge is 0.239 e. The second kappa shape index (κ2) is 6.89. The Morgan fingerprint density at radius 3 is 2.91 bits per heavy atom. The van der Waals surface area contributed by atoms with Crippen molar-refractivity contribution >= 4 is 5.91 Å². The molecular weight excluding hydrogens is 294 g/mol. The van der Waals surface area contributed by atoms with Crippen molar-refractivity contribution in [1.82, 2.24) is 20.1 Å². The molecule has 3 rings (SSSR count). The summed E-state index contributed by atoms with van der Waals surface area (Å²) < 4.78 is 5.78. The number of hydrogen-bond donors (Lipinski definition) is 2. The molecule has 0 unspecified atom stereocenters. The number of rotatable bonds is 5. The normalized spacial score (nSPS) is 20.3. The van der Waals surface area contributed by atoms with Gasteiger partial charge < -0.3 is 10.5 Å². The number of hydrogen-bond acceptors (Lipinski definition) is 5. The van der Waals surface area contributed by atoms with Gasteiger partial charge in [0.05, 0.1) is 6.61 Å². The first-order chi connectivity index (χ1) is 11.2. The molecule has 0 aliphatic carbocycles. The van der Waals surface area contributed by atoms with Crippen LogP contribution in [0.2, 0.25) is 0 Å². The highest BCUT2D eigenvalue weighted by Gasteiger charge is 2.32. The van der Waals surface area contributed by atoms with Gasteiger partial charge in [0.15, 0.2) is 5.82 Å².